The van der Waals surface area contributed by atoms with Gasteiger partial charge in [-0.25, -0.2) is 4.79 Å². The third-order valence-electron chi connectivity index (χ3n) is 4.14. The molecule has 7 heteroatoms. The van der Waals surface area contributed by atoms with E-state index in [1.54, 1.807) is 4.90 Å². The molecule has 138 valence electrons. The normalized spacial score (nSPS) is 20.0. The van der Waals surface area contributed by atoms with Crippen molar-refractivity contribution in [2.75, 3.05) is 20.3 Å². The molecule has 25 heavy (non-hydrogen) atoms. The number of hydrogen-bond acceptors (Lipinski definition) is 5. The third-order valence-corrected chi connectivity index (χ3v) is 4.14. The van der Waals surface area contributed by atoms with Crippen molar-refractivity contribution in [2.45, 2.75) is 38.8 Å². The molecule has 7 nitrogen and oxygen atoms in total. The number of aliphatic hydroxyl groups excluding tert-OH is 1. The topological polar surface area (TPSA) is 96.3 Å². The Morgan fingerprint density at radius 3 is 2.64 bits per heavy atom. The number of aliphatic hydroxyl groups is 1. The number of carbonyl (C=O) groups excluding carboxylic acids is 1. The molecule has 0 aromatic heterocycles. The molecule has 0 bridgehead atoms. The van der Waals surface area contributed by atoms with Gasteiger partial charge in [-0.15, -0.1) is 0 Å². The molecule has 2 atom stereocenters. The van der Waals surface area contributed by atoms with E-state index >= 15 is 0 Å². The van der Waals surface area contributed by atoms with Crippen LogP contribution < -0.4 is 9.47 Å². The zero-order valence-corrected chi connectivity index (χ0v) is 14.8. The second-order valence-corrected chi connectivity index (χ2v) is 6.67. The lowest BCUT2D eigenvalue weighted by molar-refractivity contribution is -0.133. The van der Waals surface area contributed by atoms with Crippen LogP contribution in [0.25, 0.3) is 0 Å². The van der Waals surface area contributed by atoms with Crippen LogP contribution in [0.3, 0.4) is 0 Å². The molecule has 1 heterocycles. The summed E-state index contributed by atoms with van der Waals surface area (Å²) in [5.41, 5.74) is 0.106. The summed E-state index contributed by atoms with van der Waals surface area (Å²) in [7, 11) is 1.44. The van der Waals surface area contributed by atoms with Gasteiger partial charge in [0.25, 0.3) is 0 Å². The first kappa shape index (κ1) is 19.1. The Labute approximate surface area is 147 Å². The molecule has 1 amide bonds. The standard InChI is InChI=1S/C18H25NO6/c1-11(2)6-17(21)19-9-14(20)8-13(19)10-25-15-5-4-12(18(22)23)7-16(15)24-3/h4-5,7,11,13-14,20H,6,8-10H2,1-3H3,(H,22,23). The molecule has 2 N–H and O–H groups in total. The van der Waals surface area contributed by atoms with Crippen LogP contribution in [0.2, 0.25) is 0 Å². The lowest BCUT2D eigenvalue weighted by Crippen LogP contribution is -2.39. The van der Waals surface area contributed by atoms with Crippen LogP contribution in [0, 0.1) is 5.92 Å². The average Bonchev–Trinajstić information content (AvgIpc) is 2.93. The number of carboxylic acid groups (broad SMARTS) is 1. The molecular weight excluding hydrogens is 326 g/mol. The van der Waals surface area contributed by atoms with Gasteiger partial charge in [-0.05, 0) is 30.5 Å². The van der Waals surface area contributed by atoms with Crippen molar-refractivity contribution in [1.82, 2.24) is 4.90 Å². The van der Waals surface area contributed by atoms with E-state index in [-0.39, 0.29) is 30.0 Å². The van der Waals surface area contributed by atoms with Crippen molar-refractivity contribution in [3.8, 4) is 11.5 Å². The molecule has 2 unspecified atom stereocenters. The summed E-state index contributed by atoms with van der Waals surface area (Å²) in [5.74, 6) is -0.0679. The molecule has 0 spiro atoms. The van der Waals surface area contributed by atoms with Crippen LogP contribution in [0.5, 0.6) is 11.5 Å². The molecule has 1 saturated heterocycles. The molecule has 0 saturated carbocycles. The van der Waals surface area contributed by atoms with Gasteiger partial charge in [0.1, 0.15) is 6.61 Å². The first-order chi connectivity index (χ1) is 11.8. The van der Waals surface area contributed by atoms with Gasteiger partial charge in [-0.1, -0.05) is 13.8 Å². The maximum atomic E-state index is 12.3. The minimum atomic E-state index is -1.05. The van der Waals surface area contributed by atoms with E-state index in [9.17, 15) is 14.7 Å². The minimum Gasteiger partial charge on any atom is -0.493 e. The van der Waals surface area contributed by atoms with Crippen molar-refractivity contribution in [1.29, 1.82) is 0 Å². The molecule has 1 fully saturated rings. The number of β-amino-alcohol motifs (C(OH)–C–C–N with tert-alkyl or cyclic N) is 1. The number of rotatable bonds is 7. The number of amides is 1. The predicted molar refractivity (Wildman–Crippen MR) is 91.0 cm³/mol. The average molecular weight is 351 g/mol. The van der Waals surface area contributed by atoms with Gasteiger partial charge in [0.15, 0.2) is 11.5 Å². The summed E-state index contributed by atoms with van der Waals surface area (Å²) in [5, 5.41) is 18.9. The van der Waals surface area contributed by atoms with Crippen molar-refractivity contribution < 1.29 is 29.3 Å². The number of ether oxygens (including phenoxy) is 2. The monoisotopic (exact) mass is 351 g/mol. The van der Waals surface area contributed by atoms with Gasteiger partial charge in [-0.2, -0.15) is 0 Å². The molecule has 0 aliphatic carbocycles. The lowest BCUT2D eigenvalue weighted by atomic mass is 10.1. The Balaban J connectivity index is 2.06. The fourth-order valence-electron chi connectivity index (χ4n) is 2.93. The van der Waals surface area contributed by atoms with Crippen LogP contribution in [-0.4, -0.2) is 59.4 Å². The summed E-state index contributed by atoms with van der Waals surface area (Å²) >= 11 is 0. The predicted octanol–water partition coefficient (Wildman–Crippen LogP) is 1.78. The molecule has 1 aliphatic heterocycles. The second kappa shape index (κ2) is 8.20. The van der Waals surface area contributed by atoms with Crippen molar-refractivity contribution in [2.24, 2.45) is 5.92 Å². The van der Waals surface area contributed by atoms with E-state index in [1.807, 2.05) is 13.8 Å². The number of carbonyl (C=O) groups is 2. The molecular formula is C18H25NO6. The van der Waals surface area contributed by atoms with E-state index in [2.05, 4.69) is 0 Å². The van der Waals surface area contributed by atoms with Crippen LogP contribution in [0.1, 0.15) is 37.0 Å². The van der Waals surface area contributed by atoms with E-state index in [1.165, 1.54) is 25.3 Å². The highest BCUT2D eigenvalue weighted by Gasteiger charge is 2.34. The summed E-state index contributed by atoms with van der Waals surface area (Å²) in [6.07, 6.45) is 0.333. The quantitative estimate of drug-likeness (QED) is 0.777. The van der Waals surface area contributed by atoms with E-state index in [4.69, 9.17) is 14.6 Å². The van der Waals surface area contributed by atoms with Crippen LogP contribution in [-0.2, 0) is 4.79 Å². The number of nitrogens with zero attached hydrogens (tertiary/aromatic N) is 1. The van der Waals surface area contributed by atoms with Gasteiger partial charge in [-0.3, -0.25) is 4.79 Å². The Bertz CT molecular complexity index is 630. The fourth-order valence-corrected chi connectivity index (χ4v) is 2.93. The highest BCUT2D eigenvalue weighted by molar-refractivity contribution is 5.88. The molecule has 1 aromatic rings. The molecule has 2 rings (SSSR count). The fraction of sp³-hybridized carbons (Fsp3) is 0.556. The number of aromatic carboxylic acids is 1. The summed E-state index contributed by atoms with van der Waals surface area (Å²) in [6, 6.07) is 4.15. The van der Waals surface area contributed by atoms with Crippen LogP contribution >= 0.6 is 0 Å². The van der Waals surface area contributed by atoms with Crippen LogP contribution in [0.15, 0.2) is 18.2 Å². The van der Waals surface area contributed by atoms with Crippen molar-refractivity contribution >= 4 is 11.9 Å². The van der Waals surface area contributed by atoms with Gasteiger partial charge < -0.3 is 24.6 Å². The van der Waals surface area contributed by atoms with E-state index < -0.39 is 12.1 Å². The summed E-state index contributed by atoms with van der Waals surface area (Å²) < 4.78 is 10.9. The maximum Gasteiger partial charge on any atom is 0.335 e. The Morgan fingerprint density at radius 2 is 2.04 bits per heavy atom. The smallest absolute Gasteiger partial charge is 0.335 e. The third kappa shape index (κ3) is 4.85. The highest BCUT2D eigenvalue weighted by Crippen LogP contribution is 2.29. The van der Waals surface area contributed by atoms with E-state index in [0.717, 1.165) is 0 Å². The SMILES string of the molecule is COc1cc(C(=O)O)ccc1OCC1CC(O)CN1C(=O)CC(C)C. The zero-order valence-electron chi connectivity index (χ0n) is 14.8. The molecule has 1 aromatic carbocycles. The first-order valence-electron chi connectivity index (χ1n) is 8.33. The van der Waals surface area contributed by atoms with Gasteiger partial charge in [0.05, 0.1) is 24.8 Å². The minimum absolute atomic E-state index is 0.00772. The Kier molecular flexibility index (Phi) is 6.25. The van der Waals surface area contributed by atoms with Crippen molar-refractivity contribution in [3.05, 3.63) is 23.8 Å². The van der Waals surface area contributed by atoms with Crippen molar-refractivity contribution in [3.63, 3.8) is 0 Å². The number of benzene rings is 1. The Hall–Kier alpha value is -2.28. The largest absolute Gasteiger partial charge is 0.493 e. The zero-order chi connectivity index (χ0) is 18.6. The summed E-state index contributed by atoms with van der Waals surface area (Å²) in [6.45, 7) is 4.48. The second-order valence-electron chi connectivity index (χ2n) is 6.67. The maximum absolute atomic E-state index is 12.3. The Morgan fingerprint density at radius 1 is 1.32 bits per heavy atom. The molecule has 1 aliphatic rings. The number of hydrogen-bond donors (Lipinski definition) is 2. The van der Waals surface area contributed by atoms with Gasteiger partial charge in [0.2, 0.25) is 5.91 Å². The van der Waals surface area contributed by atoms with Gasteiger partial charge >= 0.3 is 5.97 Å². The first-order valence-corrected chi connectivity index (χ1v) is 8.33. The number of carboxylic acids is 1. The summed E-state index contributed by atoms with van der Waals surface area (Å²) in [4.78, 5) is 25.0. The van der Waals surface area contributed by atoms with Crippen LogP contribution in [0.4, 0.5) is 0 Å². The van der Waals surface area contributed by atoms with Gasteiger partial charge in [0, 0.05) is 13.0 Å². The number of methoxy groups -OCH3 is 1. The number of likely N-dealkylation sites (tertiary alicyclic amines) is 1. The highest BCUT2D eigenvalue weighted by atomic mass is 16.5. The lowest BCUT2D eigenvalue weighted by Gasteiger charge is -2.25. The van der Waals surface area contributed by atoms with E-state index in [0.29, 0.717) is 30.9 Å². The molecule has 0 radical (unpaired) electrons.